The molecule has 3 aromatic carbocycles. The minimum atomic E-state index is -0.232. The molecule has 1 heterocycles. The maximum absolute atomic E-state index is 13.2. The monoisotopic (exact) mass is 425 g/mol. The number of rotatable bonds is 4. The van der Waals surface area contributed by atoms with Gasteiger partial charge in [-0.05, 0) is 78.0 Å². The summed E-state index contributed by atoms with van der Waals surface area (Å²) in [7, 11) is 3.93. The van der Waals surface area contributed by atoms with E-state index in [1.54, 1.807) is 19.2 Å². The zero-order valence-electron chi connectivity index (χ0n) is 17.2. The molecule has 3 aromatic rings. The molecule has 0 saturated heterocycles. The normalized spacial score (nSPS) is 16.8. The average Bonchev–Trinajstić information content (AvgIpc) is 2.75. The predicted octanol–water partition coefficient (Wildman–Crippen LogP) is 5.59. The number of fused-ring (bicyclic) bond motifs is 2. The fourth-order valence-electron chi connectivity index (χ4n) is 4.66. The summed E-state index contributed by atoms with van der Waals surface area (Å²) in [4.78, 5) is 2.45. The molecule has 0 N–H and O–H groups in total. The molecule has 0 saturated carbocycles. The van der Waals surface area contributed by atoms with Crippen LogP contribution in [0.5, 0.6) is 11.5 Å². The number of nitrogens with zero attached hydrogens (tertiary/aromatic N) is 1. The molecule has 0 unspecified atom stereocenters. The molecular formula is C25H25ClFNO2. The molecule has 1 aliphatic heterocycles. The van der Waals surface area contributed by atoms with Gasteiger partial charge in [-0.3, -0.25) is 4.90 Å². The number of likely N-dealkylation sites (N-methyl/N-ethyl adjacent to an activating group) is 1. The number of hydrogen-bond donors (Lipinski definition) is 0. The van der Waals surface area contributed by atoms with Crippen LogP contribution in [0.2, 0.25) is 0 Å². The molecule has 0 fully saturated rings. The quantitative estimate of drug-likeness (QED) is 0.544. The highest BCUT2D eigenvalue weighted by Gasteiger charge is 2.34. The summed E-state index contributed by atoms with van der Waals surface area (Å²) in [5, 5.41) is 0. The summed E-state index contributed by atoms with van der Waals surface area (Å²) in [6, 6.07) is 17.5. The van der Waals surface area contributed by atoms with Gasteiger partial charge in [0.1, 0.15) is 23.9 Å². The predicted molar refractivity (Wildman–Crippen MR) is 119 cm³/mol. The molecule has 5 rings (SSSR count). The van der Waals surface area contributed by atoms with Crippen LogP contribution in [0.15, 0.2) is 54.6 Å². The van der Waals surface area contributed by atoms with Crippen molar-refractivity contribution in [2.24, 2.45) is 0 Å². The minimum Gasteiger partial charge on any atom is -0.497 e. The zero-order valence-corrected chi connectivity index (χ0v) is 18.0. The standard InChI is InChI=1S/C25H24FNO2.ClH/c1-27-11-10-18-12-20(28-2)14-21-24(18)22(27)13-17-4-3-5-23(25(17)21)29-15-16-6-8-19(26)9-7-16;/h3-9,12,14,22H,10-11,13,15H2,1-2H3;1H/t22-;/m1./s1. The van der Waals surface area contributed by atoms with Gasteiger partial charge < -0.3 is 9.47 Å². The minimum absolute atomic E-state index is 0. The molecule has 2 aliphatic rings. The van der Waals surface area contributed by atoms with Gasteiger partial charge in [-0.1, -0.05) is 24.3 Å². The first-order valence-corrected chi connectivity index (χ1v) is 10.0. The van der Waals surface area contributed by atoms with E-state index in [0.29, 0.717) is 12.6 Å². The largest absolute Gasteiger partial charge is 0.497 e. The summed E-state index contributed by atoms with van der Waals surface area (Å²) in [5.74, 6) is 1.53. The Bertz CT molecular complexity index is 1070. The van der Waals surface area contributed by atoms with E-state index in [4.69, 9.17) is 9.47 Å². The molecule has 3 nitrogen and oxygen atoms in total. The second-order valence-corrected chi connectivity index (χ2v) is 7.90. The average molecular weight is 426 g/mol. The maximum atomic E-state index is 13.2. The fourth-order valence-corrected chi connectivity index (χ4v) is 4.66. The third-order valence-corrected chi connectivity index (χ3v) is 6.18. The molecule has 0 spiro atoms. The van der Waals surface area contributed by atoms with Crippen molar-refractivity contribution in [1.29, 1.82) is 0 Å². The summed E-state index contributed by atoms with van der Waals surface area (Å²) in [5.41, 5.74) is 7.41. The Kier molecular flexibility index (Phi) is 5.72. The van der Waals surface area contributed by atoms with E-state index in [0.717, 1.165) is 42.0 Å². The number of halogens is 2. The molecule has 5 heteroatoms. The SMILES string of the molecule is COc1cc2c3c(c1)-c1c(cccc1OCc1ccc(F)cc1)C[C@H]3N(C)CC2.Cl. The highest BCUT2D eigenvalue weighted by molar-refractivity contribution is 5.85. The van der Waals surface area contributed by atoms with Gasteiger partial charge in [0.15, 0.2) is 0 Å². The summed E-state index contributed by atoms with van der Waals surface area (Å²) in [6.45, 7) is 1.46. The van der Waals surface area contributed by atoms with Crippen LogP contribution in [0.3, 0.4) is 0 Å². The first kappa shape index (κ1) is 20.7. The van der Waals surface area contributed by atoms with E-state index in [-0.39, 0.29) is 18.2 Å². The van der Waals surface area contributed by atoms with Gasteiger partial charge in [-0.25, -0.2) is 4.39 Å². The number of methoxy groups -OCH3 is 1. The van der Waals surface area contributed by atoms with Crippen molar-refractivity contribution in [2.45, 2.75) is 25.5 Å². The van der Waals surface area contributed by atoms with Crippen molar-refractivity contribution >= 4 is 12.4 Å². The van der Waals surface area contributed by atoms with Crippen LogP contribution in [0.4, 0.5) is 4.39 Å². The van der Waals surface area contributed by atoms with Crippen LogP contribution >= 0.6 is 12.4 Å². The Labute approximate surface area is 182 Å². The number of ether oxygens (including phenoxy) is 2. The van der Waals surface area contributed by atoms with Crippen LogP contribution in [0, 0.1) is 5.82 Å². The van der Waals surface area contributed by atoms with Crippen molar-refractivity contribution in [3.05, 3.63) is 82.7 Å². The van der Waals surface area contributed by atoms with Gasteiger partial charge in [-0.2, -0.15) is 0 Å². The maximum Gasteiger partial charge on any atom is 0.127 e. The Hall–Kier alpha value is -2.56. The Balaban J connectivity index is 0.00000218. The van der Waals surface area contributed by atoms with Crippen LogP contribution < -0.4 is 9.47 Å². The lowest BCUT2D eigenvalue weighted by molar-refractivity contribution is 0.227. The first-order valence-electron chi connectivity index (χ1n) is 10.0. The highest BCUT2D eigenvalue weighted by Crippen LogP contribution is 2.49. The van der Waals surface area contributed by atoms with Crippen LogP contribution in [-0.2, 0) is 19.4 Å². The summed E-state index contributed by atoms with van der Waals surface area (Å²) >= 11 is 0. The summed E-state index contributed by atoms with van der Waals surface area (Å²) in [6.07, 6.45) is 2.01. The molecule has 1 aliphatic carbocycles. The summed E-state index contributed by atoms with van der Waals surface area (Å²) < 4.78 is 25.1. The Morgan fingerprint density at radius 2 is 1.87 bits per heavy atom. The highest BCUT2D eigenvalue weighted by atomic mass is 35.5. The molecule has 0 amide bonds. The lowest BCUT2D eigenvalue weighted by Gasteiger charge is -2.40. The lowest BCUT2D eigenvalue weighted by Crippen LogP contribution is -2.35. The van der Waals surface area contributed by atoms with Crippen molar-refractivity contribution in [2.75, 3.05) is 20.7 Å². The van der Waals surface area contributed by atoms with Crippen LogP contribution in [0.25, 0.3) is 11.1 Å². The van der Waals surface area contributed by atoms with Gasteiger partial charge in [-0.15, -0.1) is 12.4 Å². The van der Waals surface area contributed by atoms with Crippen molar-refractivity contribution in [3.8, 4) is 22.6 Å². The third kappa shape index (κ3) is 3.55. The van der Waals surface area contributed by atoms with Gasteiger partial charge in [0.25, 0.3) is 0 Å². The first-order chi connectivity index (χ1) is 14.1. The molecule has 156 valence electrons. The van der Waals surface area contributed by atoms with E-state index < -0.39 is 0 Å². The van der Waals surface area contributed by atoms with Gasteiger partial charge in [0, 0.05) is 18.2 Å². The molecule has 0 aromatic heterocycles. The zero-order chi connectivity index (χ0) is 20.0. The molecule has 0 bridgehead atoms. The van der Waals surface area contributed by atoms with Crippen molar-refractivity contribution in [1.82, 2.24) is 4.90 Å². The Morgan fingerprint density at radius 1 is 1.07 bits per heavy atom. The van der Waals surface area contributed by atoms with Gasteiger partial charge in [0.05, 0.1) is 7.11 Å². The topological polar surface area (TPSA) is 21.7 Å². The van der Waals surface area contributed by atoms with E-state index in [1.807, 2.05) is 6.07 Å². The number of benzene rings is 3. The van der Waals surface area contributed by atoms with E-state index in [9.17, 15) is 4.39 Å². The smallest absolute Gasteiger partial charge is 0.127 e. The van der Waals surface area contributed by atoms with Crippen molar-refractivity contribution in [3.63, 3.8) is 0 Å². The second-order valence-electron chi connectivity index (χ2n) is 7.90. The second kappa shape index (κ2) is 8.29. The third-order valence-electron chi connectivity index (χ3n) is 6.18. The molecule has 30 heavy (non-hydrogen) atoms. The van der Waals surface area contributed by atoms with Gasteiger partial charge >= 0.3 is 0 Å². The van der Waals surface area contributed by atoms with Crippen molar-refractivity contribution < 1.29 is 13.9 Å². The molecule has 1 atom stereocenters. The van der Waals surface area contributed by atoms with Crippen LogP contribution in [0.1, 0.15) is 28.3 Å². The number of hydrogen-bond acceptors (Lipinski definition) is 3. The Morgan fingerprint density at radius 3 is 2.63 bits per heavy atom. The lowest BCUT2D eigenvalue weighted by atomic mass is 9.77. The molecular weight excluding hydrogens is 401 g/mol. The van der Waals surface area contributed by atoms with E-state index >= 15 is 0 Å². The van der Waals surface area contributed by atoms with E-state index in [1.165, 1.54) is 34.4 Å². The fraction of sp³-hybridized carbons (Fsp3) is 0.280. The van der Waals surface area contributed by atoms with Gasteiger partial charge in [0.2, 0.25) is 0 Å². The molecule has 0 radical (unpaired) electrons. The van der Waals surface area contributed by atoms with E-state index in [2.05, 4.69) is 36.2 Å². The van der Waals surface area contributed by atoms with Crippen LogP contribution in [-0.4, -0.2) is 25.6 Å².